The first kappa shape index (κ1) is 15.6. The summed E-state index contributed by atoms with van der Waals surface area (Å²) in [6, 6.07) is 7.68. The number of carboxylic acids is 1. The summed E-state index contributed by atoms with van der Waals surface area (Å²) >= 11 is 0. The Morgan fingerprint density at radius 3 is 2.64 bits per heavy atom. The van der Waals surface area contributed by atoms with Gasteiger partial charge in [-0.3, -0.25) is 9.59 Å². The highest BCUT2D eigenvalue weighted by Gasteiger charge is 2.19. The van der Waals surface area contributed by atoms with E-state index in [1.807, 2.05) is 31.2 Å². The van der Waals surface area contributed by atoms with Gasteiger partial charge in [0.15, 0.2) is 0 Å². The highest BCUT2D eigenvalue weighted by atomic mass is 16.4. The third-order valence-electron chi connectivity index (χ3n) is 3.25. The van der Waals surface area contributed by atoms with Gasteiger partial charge in [0.2, 0.25) is 0 Å². The van der Waals surface area contributed by atoms with E-state index in [-0.39, 0.29) is 12.5 Å². The number of aromatic nitrogens is 2. The molecule has 0 aliphatic carbocycles. The number of nitrogens with zero attached hydrogens (tertiary/aromatic N) is 2. The average molecular weight is 299 g/mol. The van der Waals surface area contributed by atoms with E-state index in [1.54, 1.807) is 0 Å². The Bertz CT molecular complexity index is 659. The van der Waals surface area contributed by atoms with Crippen LogP contribution < -0.4 is 5.32 Å². The molecule has 1 aromatic carbocycles. The maximum absolute atomic E-state index is 11.9. The highest BCUT2D eigenvalue weighted by Crippen LogP contribution is 2.11. The lowest BCUT2D eigenvalue weighted by molar-refractivity contribution is -0.141. The number of aliphatic carboxylic acids is 1. The fraction of sp³-hybridized carbons (Fsp3) is 0.250. The molecule has 114 valence electrons. The Kier molecular flexibility index (Phi) is 5.19. The van der Waals surface area contributed by atoms with Crippen molar-refractivity contribution in [3.05, 3.63) is 59.7 Å². The lowest BCUT2D eigenvalue weighted by atomic mass is 9.98. The molecule has 1 atom stereocenters. The van der Waals surface area contributed by atoms with Crippen molar-refractivity contribution in [2.24, 2.45) is 5.92 Å². The fourth-order valence-electron chi connectivity index (χ4n) is 2.10. The third kappa shape index (κ3) is 4.37. The van der Waals surface area contributed by atoms with Crippen molar-refractivity contribution in [2.75, 3.05) is 6.54 Å². The van der Waals surface area contributed by atoms with Crippen LogP contribution in [0.5, 0.6) is 0 Å². The number of hydrogen-bond acceptors (Lipinski definition) is 4. The second kappa shape index (κ2) is 7.31. The van der Waals surface area contributed by atoms with Crippen LogP contribution in [0.1, 0.15) is 21.5 Å². The Morgan fingerprint density at radius 2 is 2.00 bits per heavy atom. The predicted molar refractivity (Wildman–Crippen MR) is 80.4 cm³/mol. The molecule has 2 aromatic rings. The largest absolute Gasteiger partial charge is 0.481 e. The maximum Gasteiger partial charge on any atom is 0.308 e. The van der Waals surface area contributed by atoms with Crippen molar-refractivity contribution in [1.82, 2.24) is 15.3 Å². The van der Waals surface area contributed by atoms with Crippen LogP contribution in [0.15, 0.2) is 43.0 Å². The van der Waals surface area contributed by atoms with Gasteiger partial charge < -0.3 is 10.4 Å². The van der Waals surface area contributed by atoms with E-state index in [9.17, 15) is 14.7 Å². The summed E-state index contributed by atoms with van der Waals surface area (Å²) in [4.78, 5) is 30.8. The number of amides is 1. The van der Waals surface area contributed by atoms with Gasteiger partial charge in [-0.15, -0.1) is 0 Å². The number of carbonyl (C=O) groups is 2. The van der Waals surface area contributed by atoms with Crippen LogP contribution in [0.3, 0.4) is 0 Å². The molecule has 1 heterocycles. The van der Waals surface area contributed by atoms with Crippen LogP contribution in [0, 0.1) is 12.8 Å². The minimum absolute atomic E-state index is 0.0526. The van der Waals surface area contributed by atoms with Gasteiger partial charge in [0.1, 0.15) is 6.33 Å². The van der Waals surface area contributed by atoms with Gasteiger partial charge in [-0.2, -0.15) is 0 Å². The van der Waals surface area contributed by atoms with Crippen LogP contribution in [0.4, 0.5) is 0 Å². The standard InChI is InChI=1S/C16H17N3O3/c1-11-3-2-4-12(5-11)6-13(16(21)22)9-19-15(20)14-7-17-10-18-8-14/h2-5,7-8,10,13H,6,9H2,1H3,(H,19,20)(H,21,22). The van der Waals surface area contributed by atoms with Crippen LogP contribution in [-0.4, -0.2) is 33.5 Å². The quantitative estimate of drug-likeness (QED) is 0.842. The Labute approximate surface area is 128 Å². The second-order valence-corrected chi connectivity index (χ2v) is 5.07. The highest BCUT2D eigenvalue weighted by molar-refractivity contribution is 5.93. The minimum atomic E-state index is -0.939. The van der Waals surface area contributed by atoms with Crippen molar-refractivity contribution in [3.63, 3.8) is 0 Å². The lowest BCUT2D eigenvalue weighted by Crippen LogP contribution is -2.34. The molecule has 0 saturated carbocycles. The monoisotopic (exact) mass is 299 g/mol. The molecule has 1 aromatic heterocycles. The molecule has 0 bridgehead atoms. The zero-order valence-electron chi connectivity index (χ0n) is 12.2. The summed E-state index contributed by atoms with van der Waals surface area (Å²) in [6.07, 6.45) is 4.47. The number of rotatable bonds is 6. The maximum atomic E-state index is 11.9. The van der Waals surface area contributed by atoms with Gasteiger partial charge in [0, 0.05) is 18.9 Å². The molecule has 0 aliphatic heterocycles. The molecule has 2 N–H and O–H groups in total. The molecule has 0 radical (unpaired) electrons. The van der Waals surface area contributed by atoms with Gasteiger partial charge in [0.25, 0.3) is 5.91 Å². The van der Waals surface area contributed by atoms with Crippen LogP contribution >= 0.6 is 0 Å². The second-order valence-electron chi connectivity index (χ2n) is 5.07. The smallest absolute Gasteiger partial charge is 0.308 e. The number of carboxylic acid groups (broad SMARTS) is 1. The van der Waals surface area contributed by atoms with E-state index in [4.69, 9.17) is 0 Å². The van der Waals surface area contributed by atoms with Crippen molar-refractivity contribution in [1.29, 1.82) is 0 Å². The van der Waals surface area contributed by atoms with E-state index < -0.39 is 11.9 Å². The summed E-state index contributed by atoms with van der Waals surface area (Å²) in [7, 11) is 0. The summed E-state index contributed by atoms with van der Waals surface area (Å²) in [5.74, 6) is -2.00. The molecular formula is C16H17N3O3. The number of aryl methyl sites for hydroxylation is 1. The fourth-order valence-corrected chi connectivity index (χ4v) is 2.10. The molecule has 1 amide bonds. The molecule has 6 heteroatoms. The number of nitrogens with one attached hydrogen (secondary N) is 1. The summed E-state index contributed by atoms with van der Waals surface area (Å²) in [6.45, 7) is 2.01. The van der Waals surface area contributed by atoms with Gasteiger partial charge in [0.05, 0.1) is 11.5 Å². The van der Waals surface area contributed by atoms with Gasteiger partial charge in [-0.25, -0.2) is 9.97 Å². The van der Waals surface area contributed by atoms with Crippen molar-refractivity contribution in [2.45, 2.75) is 13.3 Å². The van der Waals surface area contributed by atoms with E-state index in [2.05, 4.69) is 15.3 Å². The summed E-state index contributed by atoms with van der Waals surface area (Å²) in [5, 5.41) is 11.9. The van der Waals surface area contributed by atoms with Crippen molar-refractivity contribution >= 4 is 11.9 Å². The molecule has 0 fully saturated rings. The van der Waals surface area contributed by atoms with E-state index in [0.29, 0.717) is 12.0 Å². The SMILES string of the molecule is Cc1cccc(CC(CNC(=O)c2cncnc2)C(=O)O)c1. The molecule has 22 heavy (non-hydrogen) atoms. The minimum Gasteiger partial charge on any atom is -0.481 e. The van der Waals surface area contributed by atoms with E-state index in [0.717, 1.165) is 11.1 Å². The number of benzene rings is 1. The molecule has 6 nitrogen and oxygen atoms in total. The zero-order chi connectivity index (χ0) is 15.9. The van der Waals surface area contributed by atoms with Crippen LogP contribution in [0.2, 0.25) is 0 Å². The Hall–Kier alpha value is -2.76. The summed E-state index contributed by atoms with van der Waals surface area (Å²) in [5.41, 5.74) is 2.32. The topological polar surface area (TPSA) is 92.2 Å². The van der Waals surface area contributed by atoms with E-state index in [1.165, 1.54) is 18.7 Å². The van der Waals surface area contributed by atoms with E-state index >= 15 is 0 Å². The number of hydrogen-bond donors (Lipinski definition) is 2. The molecule has 0 spiro atoms. The van der Waals surface area contributed by atoms with Crippen LogP contribution in [-0.2, 0) is 11.2 Å². The van der Waals surface area contributed by atoms with Crippen LogP contribution in [0.25, 0.3) is 0 Å². The van der Waals surface area contributed by atoms with Gasteiger partial charge in [-0.05, 0) is 18.9 Å². The van der Waals surface area contributed by atoms with Gasteiger partial charge in [-0.1, -0.05) is 29.8 Å². The third-order valence-corrected chi connectivity index (χ3v) is 3.25. The molecule has 2 rings (SSSR count). The average Bonchev–Trinajstić information content (AvgIpc) is 2.51. The van der Waals surface area contributed by atoms with Crippen molar-refractivity contribution < 1.29 is 14.7 Å². The molecular weight excluding hydrogens is 282 g/mol. The first-order chi connectivity index (χ1) is 10.6. The van der Waals surface area contributed by atoms with Crippen molar-refractivity contribution in [3.8, 4) is 0 Å². The predicted octanol–water partition coefficient (Wildman–Crippen LogP) is 1.46. The first-order valence-corrected chi connectivity index (χ1v) is 6.88. The Balaban J connectivity index is 1.98. The normalized spacial score (nSPS) is 11.7. The Morgan fingerprint density at radius 1 is 1.27 bits per heavy atom. The van der Waals surface area contributed by atoms with Gasteiger partial charge >= 0.3 is 5.97 Å². The molecule has 0 aliphatic rings. The lowest BCUT2D eigenvalue weighted by Gasteiger charge is -2.14. The molecule has 0 saturated heterocycles. The number of carbonyl (C=O) groups excluding carboxylic acids is 1. The zero-order valence-corrected chi connectivity index (χ0v) is 12.2. The molecule has 1 unspecified atom stereocenters. The summed E-state index contributed by atoms with van der Waals surface area (Å²) < 4.78 is 0. The first-order valence-electron chi connectivity index (χ1n) is 6.88.